The van der Waals surface area contributed by atoms with Crippen LogP contribution in [0.5, 0.6) is 0 Å². The Bertz CT molecular complexity index is 5850. The third kappa shape index (κ3) is 30.0. The van der Waals surface area contributed by atoms with Crippen LogP contribution in [0.1, 0.15) is 215 Å². The maximum atomic E-state index is 12.8. The van der Waals surface area contributed by atoms with Crippen molar-refractivity contribution >= 4 is 89.1 Å². The van der Waals surface area contributed by atoms with Gasteiger partial charge in [0.25, 0.3) is 0 Å². The molecule has 7 fully saturated rings. The Morgan fingerprint density at radius 3 is 0.870 bits per heavy atom. The summed E-state index contributed by atoms with van der Waals surface area (Å²) in [4.78, 5) is 37.4. The van der Waals surface area contributed by atoms with E-state index < -0.39 is 30.1 Å². The fourth-order valence-corrected chi connectivity index (χ4v) is 22.9. The first-order valence-electron chi connectivity index (χ1n) is 47.4. The second kappa shape index (κ2) is 49.5. The second-order valence-electron chi connectivity index (χ2n) is 39.3. The zero-order valence-electron chi connectivity index (χ0n) is 80.8. The first-order chi connectivity index (χ1) is 64.8. The first kappa shape index (κ1) is 109. The summed E-state index contributed by atoms with van der Waals surface area (Å²) in [6.45, 7) is 23.6. The molecule has 4 saturated carbocycles. The summed E-state index contributed by atoms with van der Waals surface area (Å²) in [6, 6.07) is 38.8. The van der Waals surface area contributed by atoms with Gasteiger partial charge in [-0.05, 0) is 239 Å². The van der Waals surface area contributed by atoms with Gasteiger partial charge in [-0.1, -0.05) is 110 Å². The van der Waals surface area contributed by atoms with Gasteiger partial charge in [0.05, 0.1) is 63.9 Å². The predicted octanol–water partition coefficient (Wildman–Crippen LogP) is 11.7. The van der Waals surface area contributed by atoms with Crippen LogP contribution in [0.3, 0.4) is 0 Å². The summed E-state index contributed by atoms with van der Waals surface area (Å²) in [5, 5.41) is 105. The van der Waals surface area contributed by atoms with Crippen LogP contribution in [-0.4, -0.2) is 242 Å². The van der Waals surface area contributed by atoms with Gasteiger partial charge < -0.3 is 73.9 Å². The van der Waals surface area contributed by atoms with E-state index in [9.17, 15) is 66.7 Å². The fourth-order valence-electron chi connectivity index (χ4n) is 17.9. The molecule has 138 heavy (non-hydrogen) atoms. The second-order valence-corrected chi connectivity index (χ2v) is 46.5. The van der Waals surface area contributed by atoms with E-state index in [0.29, 0.717) is 170 Å². The largest absolute Gasteiger partial charge is 0.412 e. The van der Waals surface area contributed by atoms with E-state index in [-0.39, 0.29) is 86.1 Å². The van der Waals surface area contributed by atoms with Gasteiger partial charge >= 0.3 is 0 Å². The smallest absolute Gasteiger partial charge is 0.243 e. The van der Waals surface area contributed by atoms with Gasteiger partial charge in [-0.25, -0.2) is 53.8 Å². The molecule has 16 N–H and O–H groups in total. The van der Waals surface area contributed by atoms with Crippen molar-refractivity contribution in [3.63, 3.8) is 0 Å². The summed E-state index contributed by atoms with van der Waals surface area (Å²) in [7, 11) is -7.22. The molecule has 4 aromatic carbocycles. The highest BCUT2D eigenvalue weighted by Gasteiger charge is 2.41. The molecule has 0 radical (unpaired) electrons. The van der Waals surface area contributed by atoms with Crippen LogP contribution in [-0.2, 0) is 55.8 Å². The van der Waals surface area contributed by atoms with Crippen LogP contribution in [0.4, 0.5) is 47.1 Å². The minimum atomic E-state index is -3.44. The van der Waals surface area contributed by atoms with E-state index in [1.165, 1.54) is 77.7 Å². The molecule has 4 aliphatic carbocycles. The van der Waals surface area contributed by atoms with Crippen LogP contribution in [0.2, 0.25) is 0 Å². The maximum Gasteiger partial charge on any atom is 0.243 e. The SMILES string of the molecule is CC1(C)C[C@H](Nc2nc(NCCc3ccc(S(=O)(=O)N4CCC4)cc3)ncc2C#N)CC[C@@H]1O.CC1(C)C[C@H](Nc2nc(NCCc3ccc(S(=O)(=O)N4CCCCC4)cc3)ncc2C#N)CC[C@@H]1O.CC1(C)C[C@H](Nc2nc(NCCc3ccc(SN4CCCC4)cc3)ncc2C#N)CC[C@@H]1O.CN(C)S(=O)(=O)c1ccc(CCNc2ncc(C#N)c(N[C@@H]3CC[C@H](O)C(C)(C)C3)n2)cc1.O.O. The zero-order chi connectivity index (χ0) is 97.6. The van der Waals surface area contributed by atoms with Gasteiger partial charge in [0.2, 0.25) is 53.9 Å². The van der Waals surface area contributed by atoms with Gasteiger partial charge in [-0.15, -0.1) is 0 Å². The highest BCUT2D eigenvalue weighted by molar-refractivity contribution is 7.97. The van der Waals surface area contributed by atoms with Gasteiger partial charge in [-0.3, -0.25) is 0 Å². The Morgan fingerprint density at radius 1 is 0.370 bits per heavy atom. The average molecular weight is 1970 g/mol. The standard InChI is InChI=1S/C26H36N6O3S.C25H34N6OS.C24H32N6O3S.C23H32N6O3S.2H2O/c1-26(2)16-21(8-11-23(26)33)30-24-20(17-27)18-29-25(31-24)28-13-12-19-6-9-22(10-7-19)36(34,35)32-14-4-3-5-15-32;1-25(2)15-20(7-10-22(25)32)29-23-19(16-26)17-28-24(30-23)27-12-11-18-5-8-21(9-6-18)33-31-13-3-4-14-31;1-24(2)14-19(6-9-21(24)31)28-22-18(15-25)16-27-23(29-22)26-11-10-17-4-7-20(8-5-17)34(32,33)30-12-3-13-30;1-23(2)13-18(7-10-20(23)30)27-21-17(14-24)15-26-22(28-21)25-12-11-16-5-8-19(9-6-16)33(31,32)29(3)4;;/h6-7,9-10,18,21,23,33H,3-5,8,11-16H2,1-2H3,(H2,28,29,30,31);5-6,8-9,17,20,22,32H,3-4,7,10-15H2,1-2H3,(H2,27,28,29,30);4-5,7-8,16,19,21,31H,3,6,9-14H2,1-2H3,(H2,26,27,28,29);5-6,8-9,15,18,20,30H,7,10-13H2,1-4H3,(H2,25,26,27,28);2*1H2/t21-,23+;20-,22+;19-,21+;18-,20+;;/m1111../s1. The third-order valence-corrected chi connectivity index (χ3v) is 33.6. The molecule has 7 aliphatic rings. The molecule has 8 aromatic rings. The lowest BCUT2D eigenvalue weighted by molar-refractivity contribution is 0.00924. The summed E-state index contributed by atoms with van der Waals surface area (Å²) in [5.41, 5.74) is 5.11. The molecular weight excluding hydrogens is 1830 g/mol. The van der Waals surface area contributed by atoms with Crippen molar-refractivity contribution in [1.29, 1.82) is 21.0 Å². The molecule has 4 aromatic heterocycles. The molecule has 746 valence electrons. The zero-order valence-corrected chi connectivity index (χ0v) is 84.1. The lowest BCUT2D eigenvalue weighted by atomic mass is 9.73. The number of anilines is 8. The molecular formula is C98H138N24O12S4. The minimum absolute atomic E-state index is 0. The Labute approximate surface area is 817 Å². The topological polar surface area (TPSA) is 554 Å². The van der Waals surface area contributed by atoms with Crippen molar-refractivity contribution in [2.75, 3.05) is 122 Å². The normalized spacial score (nSPS) is 21.6. The van der Waals surface area contributed by atoms with Crippen LogP contribution in [0.25, 0.3) is 0 Å². The number of hydrogen-bond acceptors (Lipinski definition) is 32. The van der Waals surface area contributed by atoms with E-state index in [1.54, 1.807) is 59.0 Å². The molecule has 15 rings (SSSR count). The van der Waals surface area contributed by atoms with Crippen LogP contribution in [0.15, 0.2) is 141 Å². The molecule has 0 unspecified atom stereocenters. The summed E-state index contributed by atoms with van der Waals surface area (Å²) < 4.78 is 81.6. The monoisotopic (exact) mass is 1970 g/mol. The average Bonchev–Trinajstić information content (AvgIpc) is 1.84. The Morgan fingerprint density at radius 2 is 0.623 bits per heavy atom. The maximum absolute atomic E-state index is 12.8. The highest BCUT2D eigenvalue weighted by Crippen LogP contribution is 2.42. The molecule has 36 nitrogen and oxygen atoms in total. The molecule has 0 spiro atoms. The quantitative estimate of drug-likeness (QED) is 0.0174. The Hall–Kier alpha value is -10.6. The Kier molecular flexibility index (Phi) is 39.2. The Balaban J connectivity index is 0.000000189. The summed E-state index contributed by atoms with van der Waals surface area (Å²) in [5.74, 6) is 3.84. The van der Waals surface area contributed by atoms with Gasteiger partial charge in [0.1, 0.15) is 69.8 Å². The molecule has 3 aliphatic heterocycles. The van der Waals surface area contributed by atoms with Crippen LogP contribution < -0.4 is 42.5 Å². The van der Waals surface area contributed by atoms with Gasteiger partial charge in [0.15, 0.2) is 0 Å². The van der Waals surface area contributed by atoms with Crippen molar-refractivity contribution in [2.45, 2.75) is 265 Å². The number of nitrogens with zero attached hydrogens (tertiary/aromatic N) is 16. The number of nitrogens with one attached hydrogen (secondary N) is 8. The number of aliphatic hydroxyl groups excluding tert-OH is 4. The number of sulfonamides is 3. The van der Waals surface area contributed by atoms with E-state index in [0.717, 1.165) is 107 Å². The number of hydrogen-bond donors (Lipinski definition) is 12. The van der Waals surface area contributed by atoms with Crippen molar-refractivity contribution in [1.82, 2.24) is 57.1 Å². The summed E-state index contributed by atoms with van der Waals surface area (Å²) in [6.07, 6.45) is 23.5. The number of aromatic nitrogens is 8. The summed E-state index contributed by atoms with van der Waals surface area (Å²) >= 11 is 1.85. The molecule has 8 atom stereocenters. The predicted molar refractivity (Wildman–Crippen MR) is 536 cm³/mol. The van der Waals surface area contributed by atoms with Crippen molar-refractivity contribution in [3.8, 4) is 24.3 Å². The number of benzene rings is 4. The van der Waals surface area contributed by atoms with E-state index in [1.807, 2.05) is 50.1 Å². The van der Waals surface area contributed by atoms with Crippen LogP contribution in [0, 0.1) is 67.0 Å². The fraction of sp³-hybridized carbons (Fsp3) is 0.551. The van der Waals surface area contributed by atoms with Crippen molar-refractivity contribution < 1.29 is 56.6 Å². The number of nitriles is 4. The molecule has 0 bridgehead atoms. The minimum Gasteiger partial charge on any atom is -0.412 e. The highest BCUT2D eigenvalue weighted by atomic mass is 32.2. The first-order valence-corrected chi connectivity index (χ1v) is 52.5. The van der Waals surface area contributed by atoms with Crippen LogP contribution >= 0.6 is 11.9 Å². The van der Waals surface area contributed by atoms with E-state index in [4.69, 9.17) is 0 Å². The molecule has 3 saturated heterocycles. The van der Waals surface area contributed by atoms with Gasteiger partial charge in [-0.2, -0.15) is 49.6 Å². The third-order valence-electron chi connectivity index (χ3n) is 26.8. The van der Waals surface area contributed by atoms with E-state index in [2.05, 4.69) is 177 Å². The molecule has 7 heterocycles. The lowest BCUT2D eigenvalue weighted by Crippen LogP contribution is -2.41. The van der Waals surface area contributed by atoms with Crippen molar-refractivity contribution in [2.24, 2.45) is 21.7 Å². The molecule has 40 heteroatoms. The number of piperidine rings is 1. The van der Waals surface area contributed by atoms with Gasteiger partial charge in [0, 0.05) is 109 Å². The van der Waals surface area contributed by atoms with Crippen molar-refractivity contribution in [3.05, 3.63) is 166 Å². The molecule has 0 amide bonds. The lowest BCUT2D eigenvalue weighted by Gasteiger charge is -2.40. The van der Waals surface area contributed by atoms with E-state index >= 15 is 0 Å². The number of aliphatic hydroxyl groups is 4. The number of rotatable bonds is 32.